The fraction of sp³-hybridized carbons (Fsp3) is 0.316. The van der Waals surface area contributed by atoms with Crippen LogP contribution < -0.4 is 16.0 Å². The van der Waals surface area contributed by atoms with Gasteiger partial charge in [-0.2, -0.15) is 0 Å². The van der Waals surface area contributed by atoms with Gasteiger partial charge in [-0.25, -0.2) is 18.5 Å². The Morgan fingerprint density at radius 1 is 1.30 bits per heavy atom. The van der Waals surface area contributed by atoms with E-state index in [1.165, 1.54) is 45.5 Å². The van der Waals surface area contributed by atoms with E-state index in [1.54, 1.807) is 25.3 Å². The molecule has 30 heavy (non-hydrogen) atoms. The summed E-state index contributed by atoms with van der Waals surface area (Å²) in [5, 5.41) is 8.49. The van der Waals surface area contributed by atoms with Gasteiger partial charge < -0.3 is 5.32 Å². The summed E-state index contributed by atoms with van der Waals surface area (Å²) in [6, 6.07) is 5.61. The molecule has 1 amide bonds. The summed E-state index contributed by atoms with van der Waals surface area (Å²) in [5.41, 5.74) is 1.51. The largest absolute Gasteiger partial charge is 0.325 e. The van der Waals surface area contributed by atoms with Crippen LogP contribution in [-0.2, 0) is 34.7 Å². The number of thioether (sulfide) groups is 1. The van der Waals surface area contributed by atoms with Crippen LogP contribution >= 0.6 is 23.1 Å². The van der Waals surface area contributed by atoms with Crippen molar-refractivity contribution < 1.29 is 13.2 Å². The van der Waals surface area contributed by atoms with Crippen molar-refractivity contribution >= 4 is 54.9 Å². The van der Waals surface area contributed by atoms with E-state index >= 15 is 0 Å². The van der Waals surface area contributed by atoms with Crippen LogP contribution in [0.4, 0.5) is 5.69 Å². The summed E-state index contributed by atoms with van der Waals surface area (Å²) in [5.74, 6) is -0.286. The first-order valence-electron chi connectivity index (χ1n) is 9.27. The zero-order valence-corrected chi connectivity index (χ0v) is 18.8. The summed E-state index contributed by atoms with van der Waals surface area (Å²) >= 11 is 2.77. The summed E-state index contributed by atoms with van der Waals surface area (Å²) in [7, 11) is -2.11. The highest BCUT2D eigenvalue weighted by molar-refractivity contribution is 8.00. The second-order valence-electron chi connectivity index (χ2n) is 7.11. The third-order valence-corrected chi connectivity index (χ3v) is 8.27. The van der Waals surface area contributed by atoms with E-state index in [9.17, 15) is 18.0 Å². The highest BCUT2D eigenvalue weighted by Crippen LogP contribution is 2.35. The maximum Gasteiger partial charge on any atom is 0.262 e. The lowest BCUT2D eigenvalue weighted by atomic mass is 10.2. The van der Waals surface area contributed by atoms with Gasteiger partial charge in [0.15, 0.2) is 5.16 Å². The van der Waals surface area contributed by atoms with Crippen LogP contribution in [0.2, 0.25) is 0 Å². The standard InChI is InChI=1S/C19H20N4O4S3/c1-10(16(24)21-11-6-8-12(9-7-11)30(20,26)27)28-19-22-17-15(18(25)23(19)2)13-4-3-5-14(13)29-17/h6-10H,3-5H2,1-2H3,(H,21,24)(H2,20,26,27)/t10-/m0/s1. The van der Waals surface area contributed by atoms with Gasteiger partial charge in [0, 0.05) is 17.6 Å². The lowest BCUT2D eigenvalue weighted by Gasteiger charge is -2.14. The number of nitrogens with zero attached hydrogens (tertiary/aromatic N) is 2. The molecule has 1 aromatic carbocycles. The number of rotatable bonds is 5. The van der Waals surface area contributed by atoms with Gasteiger partial charge in [-0.05, 0) is 56.0 Å². The molecule has 11 heteroatoms. The molecule has 1 atom stereocenters. The Morgan fingerprint density at radius 3 is 2.67 bits per heavy atom. The van der Waals surface area contributed by atoms with Gasteiger partial charge in [0.1, 0.15) is 4.83 Å². The van der Waals surface area contributed by atoms with Gasteiger partial charge in [0.05, 0.1) is 15.5 Å². The average molecular weight is 465 g/mol. The Labute approximate surface area is 181 Å². The molecule has 2 heterocycles. The van der Waals surface area contributed by atoms with Crippen LogP contribution in [0.5, 0.6) is 0 Å². The molecule has 0 bridgehead atoms. The third-order valence-electron chi connectivity index (χ3n) is 5.01. The third kappa shape index (κ3) is 3.89. The molecular weight excluding hydrogens is 444 g/mol. The number of thiophene rings is 1. The Morgan fingerprint density at radius 2 is 2.00 bits per heavy atom. The smallest absolute Gasteiger partial charge is 0.262 e. The zero-order chi connectivity index (χ0) is 21.6. The van der Waals surface area contributed by atoms with E-state index in [4.69, 9.17) is 5.14 Å². The minimum Gasteiger partial charge on any atom is -0.325 e. The molecule has 8 nitrogen and oxygen atoms in total. The molecule has 1 aliphatic carbocycles. The van der Waals surface area contributed by atoms with E-state index < -0.39 is 15.3 Å². The van der Waals surface area contributed by atoms with Crippen molar-refractivity contribution in [1.29, 1.82) is 0 Å². The number of benzene rings is 1. The summed E-state index contributed by atoms with van der Waals surface area (Å²) in [6.07, 6.45) is 2.99. The average Bonchev–Trinajstić information content (AvgIpc) is 3.26. The van der Waals surface area contributed by atoms with E-state index in [0.29, 0.717) is 16.2 Å². The predicted molar refractivity (Wildman–Crippen MR) is 119 cm³/mol. The Hall–Kier alpha value is -2.21. The molecule has 0 saturated heterocycles. The normalized spacial score (nSPS) is 14.6. The molecule has 0 unspecified atom stereocenters. The lowest BCUT2D eigenvalue weighted by molar-refractivity contribution is -0.115. The first-order chi connectivity index (χ1) is 14.1. The van der Waals surface area contributed by atoms with Crippen molar-refractivity contribution in [2.45, 2.75) is 41.5 Å². The molecule has 3 aromatic rings. The van der Waals surface area contributed by atoms with Crippen molar-refractivity contribution in [3.05, 3.63) is 45.1 Å². The maximum atomic E-state index is 12.9. The second-order valence-corrected chi connectivity index (χ2v) is 11.1. The Bertz CT molecular complexity index is 1310. The highest BCUT2D eigenvalue weighted by Gasteiger charge is 2.24. The number of carbonyl (C=O) groups is 1. The van der Waals surface area contributed by atoms with Gasteiger partial charge >= 0.3 is 0 Å². The van der Waals surface area contributed by atoms with Gasteiger partial charge in [0.2, 0.25) is 15.9 Å². The fourth-order valence-corrected chi connectivity index (χ4v) is 6.09. The molecule has 0 saturated carbocycles. The van der Waals surface area contributed by atoms with Crippen LogP contribution in [0.3, 0.4) is 0 Å². The lowest BCUT2D eigenvalue weighted by Crippen LogP contribution is -2.25. The van der Waals surface area contributed by atoms with Crippen molar-refractivity contribution in [3.8, 4) is 0 Å². The molecule has 0 radical (unpaired) electrons. The quantitative estimate of drug-likeness (QED) is 0.441. The molecule has 3 N–H and O–H groups in total. The Kier molecular flexibility index (Phi) is 5.47. The number of aryl methyl sites for hydroxylation is 2. The van der Waals surface area contributed by atoms with E-state index in [2.05, 4.69) is 10.3 Å². The zero-order valence-electron chi connectivity index (χ0n) is 16.3. The van der Waals surface area contributed by atoms with Crippen LogP contribution in [-0.4, -0.2) is 29.1 Å². The fourth-order valence-electron chi connectivity index (χ4n) is 3.39. The van der Waals surface area contributed by atoms with Gasteiger partial charge in [-0.1, -0.05) is 11.8 Å². The van der Waals surface area contributed by atoms with Crippen molar-refractivity contribution in [2.24, 2.45) is 12.2 Å². The van der Waals surface area contributed by atoms with Crippen molar-refractivity contribution in [2.75, 3.05) is 5.32 Å². The van der Waals surface area contributed by atoms with Crippen LogP contribution in [0, 0.1) is 0 Å². The molecule has 0 fully saturated rings. The second kappa shape index (κ2) is 7.80. The first kappa shape index (κ1) is 21.0. The highest BCUT2D eigenvalue weighted by atomic mass is 32.2. The van der Waals surface area contributed by atoms with E-state index in [1.807, 2.05) is 0 Å². The minimum absolute atomic E-state index is 0.0294. The number of carbonyl (C=O) groups excluding carboxylic acids is 1. The number of aromatic nitrogens is 2. The number of sulfonamides is 1. The molecular formula is C19H20N4O4S3. The van der Waals surface area contributed by atoms with Crippen molar-refractivity contribution in [1.82, 2.24) is 9.55 Å². The van der Waals surface area contributed by atoms with E-state index in [-0.39, 0.29) is 16.4 Å². The number of nitrogens with one attached hydrogen (secondary N) is 1. The molecule has 0 spiro atoms. The van der Waals surface area contributed by atoms with Crippen LogP contribution in [0.15, 0.2) is 39.1 Å². The molecule has 158 valence electrons. The monoisotopic (exact) mass is 464 g/mol. The molecule has 2 aromatic heterocycles. The number of amides is 1. The first-order valence-corrected chi connectivity index (χ1v) is 12.5. The van der Waals surface area contributed by atoms with Crippen LogP contribution in [0.25, 0.3) is 10.2 Å². The number of primary sulfonamides is 1. The Balaban J connectivity index is 1.53. The topological polar surface area (TPSA) is 124 Å². The van der Waals surface area contributed by atoms with Crippen LogP contribution in [0.1, 0.15) is 23.8 Å². The molecule has 0 aliphatic heterocycles. The summed E-state index contributed by atoms with van der Waals surface area (Å²) in [6.45, 7) is 1.73. The van der Waals surface area contributed by atoms with Crippen molar-refractivity contribution in [3.63, 3.8) is 0 Å². The van der Waals surface area contributed by atoms with Gasteiger partial charge in [0.25, 0.3) is 5.56 Å². The summed E-state index contributed by atoms with van der Waals surface area (Å²) < 4.78 is 24.2. The number of anilines is 1. The molecule has 1 aliphatic rings. The van der Waals surface area contributed by atoms with Gasteiger partial charge in [-0.15, -0.1) is 11.3 Å². The minimum atomic E-state index is -3.79. The van der Waals surface area contributed by atoms with E-state index in [0.717, 1.165) is 29.7 Å². The number of hydrogen-bond acceptors (Lipinski definition) is 7. The number of hydrogen-bond donors (Lipinski definition) is 2. The number of nitrogens with two attached hydrogens (primary N) is 1. The van der Waals surface area contributed by atoms with Gasteiger partial charge in [-0.3, -0.25) is 14.2 Å². The summed E-state index contributed by atoms with van der Waals surface area (Å²) in [4.78, 5) is 32.1. The SMILES string of the molecule is C[C@H](Sc1nc2sc3c(c2c(=O)n1C)CCC3)C(=O)Nc1ccc(S(N)(=O)=O)cc1. The predicted octanol–water partition coefficient (Wildman–Crippen LogP) is 2.25. The number of fused-ring (bicyclic) bond motifs is 3. The maximum absolute atomic E-state index is 12.9. The molecule has 4 rings (SSSR count).